The number of carboxylic acid groups (broad SMARTS) is 1. The number of aromatic nitrogens is 1. The molecule has 0 spiro atoms. The monoisotopic (exact) mass is 382 g/mol. The summed E-state index contributed by atoms with van der Waals surface area (Å²) >= 11 is 0. The Hall–Kier alpha value is -2.40. The zero-order valence-electron chi connectivity index (χ0n) is 17.0. The molecule has 2 unspecified atom stereocenters. The number of carbonyl (C=O) groups is 2. The Balaban J connectivity index is 1.68. The van der Waals surface area contributed by atoms with Gasteiger partial charge in [0.05, 0.1) is 12.5 Å². The number of carboxylic acids is 1. The molecule has 150 valence electrons. The minimum Gasteiger partial charge on any atom is -0.481 e. The number of benzene rings is 1. The van der Waals surface area contributed by atoms with Crippen molar-refractivity contribution in [1.29, 1.82) is 0 Å². The summed E-state index contributed by atoms with van der Waals surface area (Å²) in [6, 6.07) is 12.3. The number of likely N-dealkylation sites (tertiary alicyclic amines) is 1. The van der Waals surface area contributed by atoms with Crippen molar-refractivity contribution in [2.24, 2.45) is 11.8 Å². The maximum Gasteiger partial charge on any atom is 0.307 e. The minimum atomic E-state index is -0.761. The van der Waals surface area contributed by atoms with E-state index in [-0.39, 0.29) is 18.2 Å². The van der Waals surface area contributed by atoms with Gasteiger partial charge in [0.25, 0.3) is 0 Å². The third kappa shape index (κ3) is 4.71. The molecule has 2 aromatic rings. The van der Waals surface area contributed by atoms with Gasteiger partial charge >= 0.3 is 5.97 Å². The van der Waals surface area contributed by atoms with Crippen molar-refractivity contribution in [3.63, 3.8) is 0 Å². The van der Waals surface area contributed by atoms with Crippen LogP contribution in [0.25, 0.3) is 0 Å². The molecule has 0 saturated carbocycles. The fourth-order valence-corrected chi connectivity index (χ4v) is 4.37. The molecular weight excluding hydrogens is 352 g/mol. The molecule has 1 N–H and O–H groups in total. The summed E-state index contributed by atoms with van der Waals surface area (Å²) in [5.74, 6) is -0.767. The zero-order valence-corrected chi connectivity index (χ0v) is 17.0. The quantitative estimate of drug-likeness (QED) is 0.744. The first kappa shape index (κ1) is 20.3. The molecule has 0 bridgehead atoms. The molecule has 28 heavy (non-hydrogen) atoms. The summed E-state index contributed by atoms with van der Waals surface area (Å²) in [4.78, 5) is 26.3. The van der Waals surface area contributed by atoms with Gasteiger partial charge in [-0.15, -0.1) is 0 Å². The van der Waals surface area contributed by atoms with E-state index in [4.69, 9.17) is 0 Å². The number of hydrogen-bond donors (Lipinski definition) is 1. The van der Waals surface area contributed by atoms with Gasteiger partial charge in [0.1, 0.15) is 0 Å². The van der Waals surface area contributed by atoms with Crippen LogP contribution in [0.3, 0.4) is 0 Å². The number of hydrogen-bond acceptors (Lipinski definition) is 3. The van der Waals surface area contributed by atoms with E-state index in [0.717, 1.165) is 36.5 Å². The smallest absolute Gasteiger partial charge is 0.307 e. The molecule has 1 aliphatic rings. The van der Waals surface area contributed by atoms with Crippen molar-refractivity contribution >= 4 is 11.8 Å². The van der Waals surface area contributed by atoms with E-state index in [2.05, 4.69) is 23.6 Å². The number of piperidine rings is 1. The predicted octanol–water partition coefficient (Wildman–Crippen LogP) is 3.57. The molecule has 3 rings (SSSR count). The van der Waals surface area contributed by atoms with Gasteiger partial charge in [-0.05, 0) is 44.2 Å². The van der Waals surface area contributed by atoms with Crippen molar-refractivity contribution < 1.29 is 14.7 Å². The molecule has 5 nitrogen and oxygen atoms in total. The summed E-state index contributed by atoms with van der Waals surface area (Å²) in [5, 5.41) is 9.35. The van der Waals surface area contributed by atoms with Crippen LogP contribution in [0, 0.1) is 25.7 Å². The molecule has 0 amide bonds. The molecule has 1 aromatic heterocycles. The second-order valence-electron chi connectivity index (χ2n) is 8.17. The Morgan fingerprint density at radius 3 is 2.54 bits per heavy atom. The second-order valence-corrected chi connectivity index (χ2v) is 8.17. The number of rotatable bonds is 7. The molecule has 1 fully saturated rings. The average Bonchev–Trinajstić information content (AvgIpc) is 2.94. The number of aryl methyl sites for hydroxylation is 2. The van der Waals surface area contributed by atoms with Gasteiger partial charge in [-0.1, -0.05) is 37.3 Å². The summed E-state index contributed by atoms with van der Waals surface area (Å²) in [6.45, 7) is 8.47. The highest BCUT2D eigenvalue weighted by molar-refractivity contribution is 5.99. The molecule has 0 radical (unpaired) electrons. The Morgan fingerprint density at radius 2 is 1.86 bits per heavy atom. The lowest BCUT2D eigenvalue weighted by atomic mass is 9.90. The lowest BCUT2D eigenvalue weighted by Gasteiger charge is -2.34. The fraction of sp³-hybridized carbons (Fsp3) is 0.478. The SMILES string of the molecule is Cc1cc(C(=O)CN2CC(C)CC(C(=O)O)C2)c(C)n1CCc1ccccc1. The van der Waals surface area contributed by atoms with Crippen LogP contribution in [-0.4, -0.2) is 46.0 Å². The van der Waals surface area contributed by atoms with Gasteiger partial charge in [-0.25, -0.2) is 0 Å². The summed E-state index contributed by atoms with van der Waals surface area (Å²) in [6.07, 6.45) is 1.61. The minimum absolute atomic E-state index is 0.0808. The molecule has 5 heteroatoms. The largest absolute Gasteiger partial charge is 0.481 e. The standard InChI is InChI=1S/C23H30N2O3/c1-16-11-20(23(27)28)14-24(13-16)15-22(26)21-12-17(2)25(18(21)3)10-9-19-7-5-4-6-8-19/h4-8,12,16,20H,9-11,13-15H2,1-3H3,(H,27,28). The van der Waals surface area contributed by atoms with Gasteiger partial charge in [0, 0.05) is 36.6 Å². The van der Waals surface area contributed by atoms with E-state index in [0.29, 0.717) is 18.9 Å². The number of ketones is 1. The third-order valence-electron chi connectivity index (χ3n) is 5.79. The first-order valence-electron chi connectivity index (χ1n) is 10.0. The molecule has 2 heterocycles. The van der Waals surface area contributed by atoms with Crippen LogP contribution >= 0.6 is 0 Å². The van der Waals surface area contributed by atoms with E-state index in [1.165, 1.54) is 5.56 Å². The first-order valence-corrected chi connectivity index (χ1v) is 10.0. The number of aliphatic carboxylic acids is 1. The van der Waals surface area contributed by atoms with Crippen LogP contribution in [0.5, 0.6) is 0 Å². The van der Waals surface area contributed by atoms with Crippen molar-refractivity contribution in [2.75, 3.05) is 19.6 Å². The Kier molecular flexibility index (Phi) is 6.35. The van der Waals surface area contributed by atoms with E-state index < -0.39 is 5.97 Å². The summed E-state index contributed by atoms with van der Waals surface area (Å²) in [7, 11) is 0. The highest BCUT2D eigenvalue weighted by Crippen LogP contribution is 2.23. The lowest BCUT2D eigenvalue weighted by Crippen LogP contribution is -2.44. The summed E-state index contributed by atoms with van der Waals surface area (Å²) < 4.78 is 2.21. The lowest BCUT2D eigenvalue weighted by molar-refractivity contribution is -0.144. The van der Waals surface area contributed by atoms with E-state index in [9.17, 15) is 14.7 Å². The molecule has 0 aliphatic carbocycles. The number of nitrogens with zero attached hydrogens (tertiary/aromatic N) is 2. The molecular formula is C23H30N2O3. The fourth-order valence-electron chi connectivity index (χ4n) is 4.37. The highest BCUT2D eigenvalue weighted by Gasteiger charge is 2.30. The van der Waals surface area contributed by atoms with E-state index in [1.54, 1.807) is 0 Å². The van der Waals surface area contributed by atoms with Crippen LogP contribution in [-0.2, 0) is 17.8 Å². The van der Waals surface area contributed by atoms with Gasteiger partial charge in [0.2, 0.25) is 0 Å². The Morgan fingerprint density at radius 1 is 1.14 bits per heavy atom. The van der Waals surface area contributed by atoms with Gasteiger partial charge < -0.3 is 9.67 Å². The Bertz CT molecular complexity index is 841. The molecule has 1 saturated heterocycles. The zero-order chi connectivity index (χ0) is 20.3. The number of Topliss-reactive ketones (excluding diaryl/α,β-unsaturated/α-hetero) is 1. The molecule has 1 aliphatic heterocycles. The Labute approximate surface area is 167 Å². The van der Waals surface area contributed by atoms with Crippen LogP contribution in [0.2, 0.25) is 0 Å². The number of carbonyl (C=O) groups excluding carboxylic acids is 1. The van der Waals surface area contributed by atoms with Crippen LogP contribution < -0.4 is 0 Å². The van der Waals surface area contributed by atoms with Gasteiger partial charge in [0.15, 0.2) is 5.78 Å². The first-order chi connectivity index (χ1) is 13.3. The molecule has 2 atom stereocenters. The van der Waals surface area contributed by atoms with Crippen LogP contribution in [0.15, 0.2) is 36.4 Å². The third-order valence-corrected chi connectivity index (χ3v) is 5.79. The normalized spacial score (nSPS) is 20.2. The van der Waals surface area contributed by atoms with Crippen molar-refractivity contribution in [3.05, 3.63) is 58.9 Å². The average molecular weight is 383 g/mol. The van der Waals surface area contributed by atoms with Crippen molar-refractivity contribution in [2.45, 2.75) is 40.2 Å². The van der Waals surface area contributed by atoms with Crippen molar-refractivity contribution in [3.8, 4) is 0 Å². The van der Waals surface area contributed by atoms with Gasteiger partial charge in [-0.3, -0.25) is 14.5 Å². The van der Waals surface area contributed by atoms with Crippen LogP contribution in [0.4, 0.5) is 0 Å². The van der Waals surface area contributed by atoms with Crippen molar-refractivity contribution in [1.82, 2.24) is 9.47 Å². The maximum absolute atomic E-state index is 13.0. The maximum atomic E-state index is 13.0. The summed E-state index contributed by atoms with van der Waals surface area (Å²) in [5.41, 5.74) is 4.13. The van der Waals surface area contributed by atoms with E-state index in [1.807, 2.05) is 43.0 Å². The topological polar surface area (TPSA) is 62.5 Å². The highest BCUT2D eigenvalue weighted by atomic mass is 16.4. The second kappa shape index (κ2) is 8.74. The van der Waals surface area contributed by atoms with Gasteiger partial charge in [-0.2, -0.15) is 0 Å². The van der Waals surface area contributed by atoms with Crippen LogP contribution in [0.1, 0.15) is 40.7 Å². The predicted molar refractivity (Wildman–Crippen MR) is 110 cm³/mol. The van der Waals surface area contributed by atoms with E-state index >= 15 is 0 Å². The molecule has 1 aromatic carbocycles.